The van der Waals surface area contributed by atoms with Crippen LogP contribution in [-0.2, 0) is 7.05 Å². The molecule has 17 heavy (non-hydrogen) atoms. The summed E-state index contributed by atoms with van der Waals surface area (Å²) in [6.45, 7) is 0. The standard InChI is InChI=1S/C13H14N2O.ClH/c1-15-9-5-8-11(15)13(16)12(14)10-6-3-2-4-7-10;/h2-9,12H,14H2,1H3;1H/t12-;/m0./s1. The van der Waals surface area contributed by atoms with Gasteiger partial charge in [-0.15, -0.1) is 12.4 Å². The molecule has 0 saturated heterocycles. The number of ketones is 1. The molecule has 0 saturated carbocycles. The molecule has 1 heterocycles. The average molecular weight is 251 g/mol. The maximum atomic E-state index is 12.1. The van der Waals surface area contributed by atoms with Crippen molar-refractivity contribution in [3.05, 3.63) is 59.9 Å². The fourth-order valence-corrected chi connectivity index (χ4v) is 1.69. The zero-order valence-electron chi connectivity index (χ0n) is 9.54. The first-order valence-electron chi connectivity index (χ1n) is 5.16. The molecule has 1 aromatic heterocycles. The summed E-state index contributed by atoms with van der Waals surface area (Å²) in [5, 5.41) is 0. The highest BCUT2D eigenvalue weighted by atomic mass is 35.5. The van der Waals surface area contributed by atoms with Crippen molar-refractivity contribution in [2.45, 2.75) is 6.04 Å². The molecular formula is C13H15ClN2O. The highest BCUT2D eigenvalue weighted by molar-refractivity contribution is 5.99. The molecule has 0 spiro atoms. The van der Waals surface area contributed by atoms with Gasteiger partial charge in [0.2, 0.25) is 0 Å². The fraction of sp³-hybridized carbons (Fsp3) is 0.154. The lowest BCUT2D eigenvalue weighted by Gasteiger charge is -2.11. The van der Waals surface area contributed by atoms with Crippen LogP contribution in [0.5, 0.6) is 0 Å². The van der Waals surface area contributed by atoms with Crippen LogP contribution in [0.25, 0.3) is 0 Å². The van der Waals surface area contributed by atoms with Crippen LogP contribution < -0.4 is 5.73 Å². The molecule has 0 aliphatic carbocycles. The lowest BCUT2D eigenvalue weighted by atomic mass is 10.0. The Morgan fingerprint density at radius 3 is 2.35 bits per heavy atom. The van der Waals surface area contributed by atoms with Gasteiger partial charge < -0.3 is 10.3 Å². The predicted molar refractivity (Wildman–Crippen MR) is 70.4 cm³/mol. The van der Waals surface area contributed by atoms with E-state index in [0.717, 1.165) is 5.56 Å². The molecule has 0 bridgehead atoms. The van der Waals surface area contributed by atoms with Gasteiger partial charge in [-0.25, -0.2) is 0 Å². The van der Waals surface area contributed by atoms with Gasteiger partial charge in [0.05, 0.1) is 11.7 Å². The van der Waals surface area contributed by atoms with E-state index in [1.54, 1.807) is 10.6 Å². The topological polar surface area (TPSA) is 48.0 Å². The third kappa shape index (κ3) is 2.75. The minimum Gasteiger partial charge on any atom is -0.348 e. The molecule has 0 fully saturated rings. The molecule has 0 aliphatic heterocycles. The number of hydrogen-bond acceptors (Lipinski definition) is 2. The number of carbonyl (C=O) groups excluding carboxylic acids is 1. The van der Waals surface area contributed by atoms with Crippen molar-refractivity contribution in [2.24, 2.45) is 12.8 Å². The van der Waals surface area contributed by atoms with Crippen LogP contribution in [-0.4, -0.2) is 10.4 Å². The Balaban J connectivity index is 0.00000144. The zero-order chi connectivity index (χ0) is 11.5. The summed E-state index contributed by atoms with van der Waals surface area (Å²) in [4.78, 5) is 12.1. The van der Waals surface area contributed by atoms with Crippen molar-refractivity contribution in [3.8, 4) is 0 Å². The number of nitrogens with two attached hydrogens (primary N) is 1. The fourth-order valence-electron chi connectivity index (χ4n) is 1.69. The number of Topliss-reactive ketones (excluding diaryl/α,β-unsaturated/α-hetero) is 1. The highest BCUT2D eigenvalue weighted by Crippen LogP contribution is 2.15. The molecule has 2 rings (SSSR count). The second-order valence-corrected chi connectivity index (χ2v) is 3.76. The number of aromatic nitrogens is 1. The van der Waals surface area contributed by atoms with Gasteiger partial charge in [-0.3, -0.25) is 4.79 Å². The van der Waals surface area contributed by atoms with Crippen LogP contribution in [0, 0.1) is 0 Å². The van der Waals surface area contributed by atoms with Gasteiger partial charge in [0, 0.05) is 13.2 Å². The SMILES string of the molecule is Cl.Cn1cccc1C(=O)[C@@H](N)c1ccccc1. The van der Waals surface area contributed by atoms with E-state index in [1.165, 1.54) is 0 Å². The minimum absolute atomic E-state index is 0. The van der Waals surface area contributed by atoms with Gasteiger partial charge in [-0.1, -0.05) is 30.3 Å². The van der Waals surface area contributed by atoms with Crippen LogP contribution in [0.2, 0.25) is 0 Å². The van der Waals surface area contributed by atoms with Gasteiger partial charge in [0.15, 0.2) is 5.78 Å². The second-order valence-electron chi connectivity index (χ2n) is 3.76. The molecule has 90 valence electrons. The second kappa shape index (κ2) is 5.66. The highest BCUT2D eigenvalue weighted by Gasteiger charge is 2.19. The third-order valence-electron chi connectivity index (χ3n) is 2.64. The number of hydrogen-bond donors (Lipinski definition) is 1. The van der Waals surface area contributed by atoms with Crippen molar-refractivity contribution < 1.29 is 4.79 Å². The Kier molecular flexibility index (Phi) is 4.49. The first-order chi connectivity index (χ1) is 7.70. The molecule has 3 nitrogen and oxygen atoms in total. The van der Waals surface area contributed by atoms with Gasteiger partial charge in [-0.05, 0) is 17.7 Å². The summed E-state index contributed by atoms with van der Waals surface area (Å²) < 4.78 is 1.78. The summed E-state index contributed by atoms with van der Waals surface area (Å²) in [6, 6.07) is 12.4. The van der Waals surface area contributed by atoms with Crippen molar-refractivity contribution in [2.75, 3.05) is 0 Å². The Morgan fingerprint density at radius 2 is 1.82 bits per heavy atom. The smallest absolute Gasteiger partial charge is 0.200 e. The van der Waals surface area contributed by atoms with E-state index < -0.39 is 6.04 Å². The van der Waals surface area contributed by atoms with Crippen molar-refractivity contribution in [1.29, 1.82) is 0 Å². The zero-order valence-corrected chi connectivity index (χ0v) is 10.4. The van der Waals surface area contributed by atoms with Crippen molar-refractivity contribution >= 4 is 18.2 Å². The first kappa shape index (κ1) is 13.5. The Labute approximate surface area is 107 Å². The molecule has 0 aliphatic rings. The molecule has 1 aromatic carbocycles. The average Bonchev–Trinajstić information content (AvgIpc) is 2.75. The first-order valence-corrected chi connectivity index (χ1v) is 5.16. The number of carbonyl (C=O) groups is 1. The summed E-state index contributed by atoms with van der Waals surface area (Å²) in [5.41, 5.74) is 7.41. The van der Waals surface area contributed by atoms with E-state index in [9.17, 15) is 4.79 Å². The van der Waals surface area contributed by atoms with E-state index in [1.807, 2.05) is 49.6 Å². The number of halogens is 1. The maximum Gasteiger partial charge on any atom is 0.200 e. The van der Waals surface area contributed by atoms with E-state index in [4.69, 9.17) is 5.73 Å². The normalized spacial score (nSPS) is 11.6. The lowest BCUT2D eigenvalue weighted by Crippen LogP contribution is -2.23. The van der Waals surface area contributed by atoms with E-state index >= 15 is 0 Å². The molecule has 0 radical (unpaired) electrons. The molecule has 4 heteroatoms. The van der Waals surface area contributed by atoms with Crippen LogP contribution in [0.1, 0.15) is 22.1 Å². The Hall–Kier alpha value is -1.58. The number of benzene rings is 1. The van der Waals surface area contributed by atoms with E-state index in [0.29, 0.717) is 5.69 Å². The molecule has 2 aromatic rings. The Bertz CT molecular complexity index is 493. The minimum atomic E-state index is -0.588. The van der Waals surface area contributed by atoms with Crippen molar-refractivity contribution in [1.82, 2.24) is 4.57 Å². The summed E-state index contributed by atoms with van der Waals surface area (Å²) in [6.07, 6.45) is 1.84. The molecule has 0 amide bonds. The van der Waals surface area contributed by atoms with E-state index in [-0.39, 0.29) is 18.2 Å². The Morgan fingerprint density at radius 1 is 1.18 bits per heavy atom. The van der Waals surface area contributed by atoms with Crippen LogP contribution in [0.3, 0.4) is 0 Å². The van der Waals surface area contributed by atoms with Crippen LogP contribution in [0.15, 0.2) is 48.7 Å². The summed E-state index contributed by atoms with van der Waals surface area (Å²) in [7, 11) is 1.84. The molecule has 1 atom stereocenters. The molecule has 0 unspecified atom stereocenters. The summed E-state index contributed by atoms with van der Waals surface area (Å²) >= 11 is 0. The molecular weight excluding hydrogens is 236 g/mol. The van der Waals surface area contributed by atoms with Gasteiger partial charge in [0.1, 0.15) is 0 Å². The third-order valence-corrected chi connectivity index (χ3v) is 2.64. The van der Waals surface area contributed by atoms with Crippen LogP contribution in [0.4, 0.5) is 0 Å². The lowest BCUT2D eigenvalue weighted by molar-refractivity contribution is 0.0953. The largest absolute Gasteiger partial charge is 0.348 e. The summed E-state index contributed by atoms with van der Waals surface area (Å²) in [5.74, 6) is -0.0568. The van der Waals surface area contributed by atoms with Crippen molar-refractivity contribution in [3.63, 3.8) is 0 Å². The quantitative estimate of drug-likeness (QED) is 0.850. The van der Waals surface area contributed by atoms with Gasteiger partial charge in [-0.2, -0.15) is 0 Å². The van der Waals surface area contributed by atoms with E-state index in [2.05, 4.69) is 0 Å². The number of rotatable bonds is 3. The monoisotopic (exact) mass is 250 g/mol. The van der Waals surface area contributed by atoms with Gasteiger partial charge >= 0.3 is 0 Å². The predicted octanol–water partition coefficient (Wildman–Crippen LogP) is 2.33. The maximum absolute atomic E-state index is 12.1. The van der Waals surface area contributed by atoms with Gasteiger partial charge in [0.25, 0.3) is 0 Å². The molecule has 2 N–H and O–H groups in total. The number of nitrogens with zero attached hydrogens (tertiary/aromatic N) is 1. The van der Waals surface area contributed by atoms with Crippen LogP contribution >= 0.6 is 12.4 Å². The number of aryl methyl sites for hydroxylation is 1.